The molecule has 0 bridgehead atoms. The van der Waals surface area contributed by atoms with Crippen LogP contribution in [-0.2, 0) is 14.8 Å². The highest BCUT2D eigenvalue weighted by Crippen LogP contribution is 2.30. The summed E-state index contributed by atoms with van der Waals surface area (Å²) in [5, 5.41) is 0. The molecule has 1 aromatic heterocycles. The summed E-state index contributed by atoms with van der Waals surface area (Å²) < 4.78 is 33.4. The van der Waals surface area contributed by atoms with Crippen LogP contribution in [0.5, 0.6) is 0 Å². The van der Waals surface area contributed by atoms with Gasteiger partial charge in [0.1, 0.15) is 0 Å². The van der Waals surface area contributed by atoms with Gasteiger partial charge in [0.25, 0.3) is 0 Å². The fourth-order valence-electron chi connectivity index (χ4n) is 2.00. The Morgan fingerprint density at radius 1 is 1.61 bits per heavy atom. The lowest BCUT2D eigenvalue weighted by atomic mass is 10.0. The van der Waals surface area contributed by atoms with Crippen molar-refractivity contribution in [3.63, 3.8) is 0 Å². The first-order valence-corrected chi connectivity index (χ1v) is 8.81. The SMILES string of the molecule is Cc1sc(Br)cc1S(=O)(=O)NCC1(C)CCCO1. The quantitative estimate of drug-likeness (QED) is 0.905. The lowest BCUT2D eigenvalue weighted by molar-refractivity contribution is 0.0250. The van der Waals surface area contributed by atoms with E-state index in [1.165, 1.54) is 11.3 Å². The number of nitrogens with one attached hydrogen (secondary N) is 1. The molecule has 2 rings (SSSR count). The highest BCUT2D eigenvalue weighted by molar-refractivity contribution is 9.11. The van der Waals surface area contributed by atoms with E-state index in [0.717, 1.165) is 21.5 Å². The van der Waals surface area contributed by atoms with Crippen molar-refractivity contribution in [1.29, 1.82) is 0 Å². The summed E-state index contributed by atoms with van der Waals surface area (Å²) in [6.45, 7) is 4.78. The van der Waals surface area contributed by atoms with Crippen LogP contribution in [0.3, 0.4) is 0 Å². The summed E-state index contributed by atoms with van der Waals surface area (Å²) in [6, 6.07) is 1.64. The van der Waals surface area contributed by atoms with E-state index in [9.17, 15) is 8.42 Å². The smallest absolute Gasteiger partial charge is 0.241 e. The van der Waals surface area contributed by atoms with Gasteiger partial charge in [0.2, 0.25) is 10.0 Å². The summed E-state index contributed by atoms with van der Waals surface area (Å²) in [5.74, 6) is 0. The first-order valence-electron chi connectivity index (χ1n) is 5.72. The van der Waals surface area contributed by atoms with E-state index < -0.39 is 10.0 Å². The summed E-state index contributed by atoms with van der Waals surface area (Å²) in [6.07, 6.45) is 1.88. The third-order valence-electron chi connectivity index (χ3n) is 3.07. The summed E-state index contributed by atoms with van der Waals surface area (Å²) in [4.78, 5) is 1.13. The average molecular weight is 354 g/mol. The van der Waals surface area contributed by atoms with Crippen molar-refractivity contribution in [3.05, 3.63) is 14.7 Å². The second-order valence-corrected chi connectivity index (χ2v) is 9.07. The number of halogens is 1. The Hall–Kier alpha value is 0.0500. The number of thiophene rings is 1. The summed E-state index contributed by atoms with van der Waals surface area (Å²) in [7, 11) is -3.45. The van der Waals surface area contributed by atoms with Crippen molar-refractivity contribution in [1.82, 2.24) is 4.72 Å². The van der Waals surface area contributed by atoms with E-state index in [4.69, 9.17) is 4.74 Å². The van der Waals surface area contributed by atoms with Crippen molar-refractivity contribution < 1.29 is 13.2 Å². The molecular formula is C11H16BrNO3S2. The molecule has 102 valence electrons. The maximum atomic E-state index is 12.2. The molecule has 1 aromatic rings. The minimum absolute atomic E-state index is 0.322. The first kappa shape index (κ1) is 14.5. The normalized spacial score (nSPS) is 24.6. The molecule has 1 aliphatic rings. The monoisotopic (exact) mass is 353 g/mol. The lowest BCUT2D eigenvalue weighted by Gasteiger charge is -2.23. The van der Waals surface area contributed by atoms with Crippen LogP contribution in [-0.4, -0.2) is 27.2 Å². The molecule has 0 amide bonds. The number of hydrogen-bond acceptors (Lipinski definition) is 4. The molecule has 7 heteroatoms. The van der Waals surface area contributed by atoms with Gasteiger partial charge >= 0.3 is 0 Å². The molecule has 0 saturated carbocycles. The van der Waals surface area contributed by atoms with Gasteiger partial charge in [-0.2, -0.15) is 0 Å². The highest BCUT2D eigenvalue weighted by atomic mass is 79.9. The van der Waals surface area contributed by atoms with Gasteiger partial charge in [-0.1, -0.05) is 0 Å². The Morgan fingerprint density at radius 3 is 2.83 bits per heavy atom. The topological polar surface area (TPSA) is 55.4 Å². The molecule has 18 heavy (non-hydrogen) atoms. The third-order valence-corrected chi connectivity index (χ3v) is 6.28. The molecule has 1 unspecified atom stereocenters. The zero-order valence-corrected chi connectivity index (χ0v) is 13.5. The molecule has 0 radical (unpaired) electrons. The van der Waals surface area contributed by atoms with Crippen LogP contribution in [0.1, 0.15) is 24.6 Å². The number of aryl methyl sites for hydroxylation is 1. The number of sulfonamides is 1. The minimum Gasteiger partial charge on any atom is -0.374 e. The van der Waals surface area contributed by atoms with Crippen LogP contribution < -0.4 is 4.72 Å². The van der Waals surface area contributed by atoms with E-state index in [1.807, 2.05) is 6.92 Å². The molecule has 0 spiro atoms. The van der Waals surface area contributed by atoms with E-state index >= 15 is 0 Å². The molecule has 1 N–H and O–H groups in total. The van der Waals surface area contributed by atoms with Crippen molar-refractivity contribution in [2.75, 3.05) is 13.2 Å². The highest BCUT2D eigenvalue weighted by Gasteiger charge is 2.32. The lowest BCUT2D eigenvalue weighted by Crippen LogP contribution is -2.40. The largest absolute Gasteiger partial charge is 0.374 e. The van der Waals surface area contributed by atoms with Gasteiger partial charge in [-0.05, 0) is 48.7 Å². The Morgan fingerprint density at radius 2 is 2.33 bits per heavy atom. The Labute approximate surface area is 120 Å². The van der Waals surface area contributed by atoms with Crippen LogP contribution in [0.2, 0.25) is 0 Å². The average Bonchev–Trinajstić information content (AvgIpc) is 2.84. The van der Waals surface area contributed by atoms with Crippen LogP contribution in [0, 0.1) is 6.92 Å². The fourth-order valence-corrected chi connectivity index (χ4v) is 5.57. The number of rotatable bonds is 4. The van der Waals surface area contributed by atoms with Crippen LogP contribution >= 0.6 is 27.3 Å². The second kappa shape index (κ2) is 5.20. The minimum atomic E-state index is -3.45. The van der Waals surface area contributed by atoms with Gasteiger partial charge in [0, 0.05) is 18.0 Å². The maximum absolute atomic E-state index is 12.2. The molecule has 1 aliphatic heterocycles. The Balaban J connectivity index is 2.10. The Kier molecular flexibility index (Phi) is 4.18. The van der Waals surface area contributed by atoms with E-state index in [1.54, 1.807) is 13.0 Å². The molecule has 1 saturated heterocycles. The third kappa shape index (κ3) is 3.14. The van der Waals surface area contributed by atoms with Crippen LogP contribution in [0.4, 0.5) is 0 Å². The molecule has 0 aliphatic carbocycles. The fraction of sp³-hybridized carbons (Fsp3) is 0.636. The second-order valence-electron chi connectivity index (χ2n) is 4.70. The molecule has 0 aromatic carbocycles. The van der Waals surface area contributed by atoms with Gasteiger partial charge < -0.3 is 4.74 Å². The summed E-state index contributed by atoms with van der Waals surface area (Å²) in [5.41, 5.74) is -0.367. The molecule has 4 nitrogen and oxygen atoms in total. The maximum Gasteiger partial charge on any atom is 0.241 e. The Bertz CT molecular complexity index is 532. The number of hydrogen-bond donors (Lipinski definition) is 1. The van der Waals surface area contributed by atoms with Gasteiger partial charge in [-0.25, -0.2) is 13.1 Å². The van der Waals surface area contributed by atoms with Gasteiger partial charge in [-0.3, -0.25) is 0 Å². The number of ether oxygens (including phenoxy) is 1. The van der Waals surface area contributed by atoms with Crippen molar-refractivity contribution in [3.8, 4) is 0 Å². The summed E-state index contributed by atoms with van der Waals surface area (Å²) >= 11 is 4.72. The van der Waals surface area contributed by atoms with E-state index in [-0.39, 0.29) is 5.60 Å². The molecule has 2 heterocycles. The van der Waals surface area contributed by atoms with Crippen molar-refractivity contribution in [2.45, 2.75) is 37.2 Å². The molecule has 1 fully saturated rings. The molecular weight excluding hydrogens is 338 g/mol. The molecule has 1 atom stereocenters. The van der Waals surface area contributed by atoms with E-state index in [2.05, 4.69) is 20.7 Å². The van der Waals surface area contributed by atoms with Crippen molar-refractivity contribution in [2.24, 2.45) is 0 Å². The predicted octanol–water partition coefficient (Wildman–Crippen LogP) is 2.67. The van der Waals surface area contributed by atoms with E-state index in [0.29, 0.717) is 18.0 Å². The first-order chi connectivity index (χ1) is 8.32. The predicted molar refractivity (Wildman–Crippen MR) is 75.5 cm³/mol. The van der Waals surface area contributed by atoms with Crippen LogP contribution in [0.25, 0.3) is 0 Å². The van der Waals surface area contributed by atoms with Gasteiger partial charge in [0.05, 0.1) is 14.3 Å². The zero-order valence-electron chi connectivity index (χ0n) is 10.3. The zero-order chi connectivity index (χ0) is 13.4. The van der Waals surface area contributed by atoms with Crippen LogP contribution in [0.15, 0.2) is 14.7 Å². The standard InChI is InChI=1S/C11H16BrNO3S2/c1-8-9(6-10(12)17-8)18(14,15)13-7-11(2)4-3-5-16-11/h6,13H,3-5,7H2,1-2H3. The van der Waals surface area contributed by atoms with Gasteiger partial charge in [-0.15, -0.1) is 11.3 Å². The van der Waals surface area contributed by atoms with Gasteiger partial charge in [0.15, 0.2) is 0 Å². The van der Waals surface area contributed by atoms with Crippen molar-refractivity contribution >= 4 is 37.3 Å².